The summed E-state index contributed by atoms with van der Waals surface area (Å²) in [7, 11) is 1.75. The van der Waals surface area contributed by atoms with Gasteiger partial charge in [0, 0.05) is 50.0 Å². The zero-order valence-corrected chi connectivity index (χ0v) is 17.3. The van der Waals surface area contributed by atoms with E-state index in [0.29, 0.717) is 35.2 Å². The molecule has 0 aliphatic carbocycles. The molecular weight excluding hydrogens is 397 g/mol. The summed E-state index contributed by atoms with van der Waals surface area (Å²) < 4.78 is 14.0. The number of carbonyl (C=O) groups excluding carboxylic acids is 2. The Bertz CT molecular complexity index is 908. The summed E-state index contributed by atoms with van der Waals surface area (Å²) in [5, 5.41) is 3.34. The first-order chi connectivity index (χ1) is 13.8. The Morgan fingerprint density at radius 2 is 2.03 bits per heavy atom. The summed E-state index contributed by atoms with van der Waals surface area (Å²) in [6.45, 7) is 4.36. The number of hydrogen-bond acceptors (Lipinski definition) is 5. The Labute approximate surface area is 173 Å². The number of likely N-dealkylation sites (N-methyl/N-ethyl adjacent to an activating group) is 1. The highest BCUT2D eigenvalue weighted by Crippen LogP contribution is 2.23. The minimum Gasteiger partial charge on any atom is -0.348 e. The van der Waals surface area contributed by atoms with Crippen LogP contribution < -0.4 is 5.32 Å². The van der Waals surface area contributed by atoms with Crippen molar-refractivity contribution in [2.45, 2.75) is 32.4 Å². The van der Waals surface area contributed by atoms with E-state index >= 15 is 0 Å². The summed E-state index contributed by atoms with van der Waals surface area (Å²) in [5.41, 5.74) is 0.808. The lowest BCUT2D eigenvalue weighted by Crippen LogP contribution is -2.39. The molecule has 29 heavy (non-hydrogen) atoms. The lowest BCUT2D eigenvalue weighted by Gasteiger charge is -2.23. The van der Waals surface area contributed by atoms with Gasteiger partial charge in [0.1, 0.15) is 5.82 Å². The van der Waals surface area contributed by atoms with E-state index in [1.807, 2.05) is 0 Å². The van der Waals surface area contributed by atoms with Crippen LogP contribution in [0.3, 0.4) is 0 Å². The smallest absolute Gasteiger partial charge is 0.257 e. The number of hydrogen-bond donors (Lipinski definition) is 1. The quantitative estimate of drug-likeness (QED) is 0.805. The van der Waals surface area contributed by atoms with Gasteiger partial charge in [-0.25, -0.2) is 14.4 Å². The molecular formula is C20H23ClFN5O2. The molecule has 0 saturated carbocycles. The molecule has 2 unspecified atom stereocenters. The van der Waals surface area contributed by atoms with Crippen LogP contribution in [-0.4, -0.2) is 57.8 Å². The molecule has 2 amide bonds. The van der Waals surface area contributed by atoms with Crippen LogP contribution in [-0.2, 0) is 4.79 Å². The van der Waals surface area contributed by atoms with E-state index in [2.05, 4.69) is 15.3 Å². The Morgan fingerprint density at radius 3 is 2.66 bits per heavy atom. The van der Waals surface area contributed by atoms with Gasteiger partial charge in [0.25, 0.3) is 5.91 Å². The van der Waals surface area contributed by atoms with Crippen LogP contribution in [0.2, 0.25) is 5.02 Å². The largest absolute Gasteiger partial charge is 0.348 e. The van der Waals surface area contributed by atoms with Gasteiger partial charge >= 0.3 is 0 Å². The third-order valence-corrected chi connectivity index (χ3v) is 5.40. The van der Waals surface area contributed by atoms with Gasteiger partial charge in [-0.15, -0.1) is 0 Å². The molecule has 0 radical (unpaired) electrons. The van der Waals surface area contributed by atoms with Crippen molar-refractivity contribution >= 4 is 29.4 Å². The van der Waals surface area contributed by atoms with Crippen LogP contribution in [0.25, 0.3) is 0 Å². The highest BCUT2D eigenvalue weighted by Gasteiger charge is 2.30. The van der Waals surface area contributed by atoms with E-state index in [9.17, 15) is 14.0 Å². The van der Waals surface area contributed by atoms with Crippen molar-refractivity contribution in [2.24, 2.45) is 0 Å². The van der Waals surface area contributed by atoms with Gasteiger partial charge in [-0.05, 0) is 25.5 Å². The highest BCUT2D eigenvalue weighted by atomic mass is 35.5. The van der Waals surface area contributed by atoms with Crippen LogP contribution in [0.1, 0.15) is 42.2 Å². The highest BCUT2D eigenvalue weighted by molar-refractivity contribution is 6.30. The lowest BCUT2D eigenvalue weighted by atomic mass is 10.1. The van der Waals surface area contributed by atoms with Gasteiger partial charge in [-0.3, -0.25) is 9.59 Å². The fraction of sp³-hybridized carbons (Fsp3) is 0.400. The Kier molecular flexibility index (Phi) is 6.32. The Morgan fingerprint density at radius 1 is 1.34 bits per heavy atom. The molecule has 9 heteroatoms. The van der Waals surface area contributed by atoms with Gasteiger partial charge in [-0.1, -0.05) is 17.7 Å². The SMILES string of the molecule is CC(=O)N(C)C1CCN(C(=O)c2cnc(NC(C)c3ccc(Cl)cc3F)nc2)C1. The molecule has 1 saturated heterocycles. The van der Waals surface area contributed by atoms with Crippen molar-refractivity contribution < 1.29 is 14.0 Å². The first-order valence-electron chi connectivity index (χ1n) is 9.32. The number of benzene rings is 1. The van der Waals surface area contributed by atoms with Crippen LogP contribution in [0.15, 0.2) is 30.6 Å². The van der Waals surface area contributed by atoms with Crippen LogP contribution in [0.5, 0.6) is 0 Å². The number of rotatable bonds is 5. The molecule has 0 spiro atoms. The van der Waals surface area contributed by atoms with E-state index in [0.717, 1.165) is 6.42 Å². The number of carbonyl (C=O) groups is 2. The average Bonchev–Trinajstić information content (AvgIpc) is 3.17. The van der Waals surface area contributed by atoms with E-state index in [1.54, 1.807) is 35.9 Å². The summed E-state index contributed by atoms with van der Waals surface area (Å²) in [6, 6.07) is 4.12. The lowest BCUT2D eigenvalue weighted by molar-refractivity contribution is -0.129. The monoisotopic (exact) mass is 419 g/mol. The first kappa shape index (κ1) is 21.0. The summed E-state index contributed by atoms with van der Waals surface area (Å²) >= 11 is 5.78. The topological polar surface area (TPSA) is 78.4 Å². The van der Waals surface area contributed by atoms with Crippen molar-refractivity contribution in [3.8, 4) is 0 Å². The summed E-state index contributed by atoms with van der Waals surface area (Å²) in [4.78, 5) is 35.9. The Balaban J connectivity index is 1.62. The molecule has 1 N–H and O–H groups in total. The summed E-state index contributed by atoms with van der Waals surface area (Å²) in [6.07, 6.45) is 3.64. The van der Waals surface area contributed by atoms with Gasteiger partial charge in [0.15, 0.2) is 0 Å². The maximum atomic E-state index is 14.0. The van der Waals surface area contributed by atoms with Gasteiger partial charge in [0.05, 0.1) is 17.6 Å². The van der Waals surface area contributed by atoms with Crippen molar-refractivity contribution in [1.82, 2.24) is 19.8 Å². The molecule has 2 aromatic rings. The molecule has 0 bridgehead atoms. The molecule has 2 atom stereocenters. The van der Waals surface area contributed by atoms with Gasteiger partial charge in [0.2, 0.25) is 11.9 Å². The standard InChI is InChI=1S/C20H23ClFN5O2/c1-12(17-5-4-15(21)8-18(17)22)25-20-23-9-14(10-24-20)19(29)27-7-6-16(11-27)26(3)13(2)28/h4-5,8-10,12,16H,6-7,11H2,1-3H3,(H,23,24,25). The first-order valence-corrected chi connectivity index (χ1v) is 9.70. The number of anilines is 1. The maximum absolute atomic E-state index is 14.0. The molecule has 1 aliphatic heterocycles. The van der Waals surface area contributed by atoms with Gasteiger partial charge in [-0.2, -0.15) is 0 Å². The van der Waals surface area contributed by atoms with Gasteiger partial charge < -0.3 is 15.1 Å². The second kappa shape index (κ2) is 8.73. The zero-order chi connectivity index (χ0) is 21.1. The van der Waals surface area contributed by atoms with E-state index in [1.165, 1.54) is 25.4 Å². The molecule has 7 nitrogen and oxygen atoms in total. The molecule has 154 valence electrons. The predicted octanol–water partition coefficient (Wildman–Crippen LogP) is 3.14. The molecule has 2 heterocycles. The molecule has 1 fully saturated rings. The van der Waals surface area contributed by atoms with Crippen molar-refractivity contribution in [2.75, 3.05) is 25.5 Å². The fourth-order valence-electron chi connectivity index (χ4n) is 3.32. The second-order valence-corrected chi connectivity index (χ2v) is 7.59. The normalized spacial score (nSPS) is 17.1. The minimum atomic E-state index is -0.414. The third kappa shape index (κ3) is 4.82. The van der Waals surface area contributed by atoms with E-state index in [-0.39, 0.29) is 23.9 Å². The average molecular weight is 420 g/mol. The third-order valence-electron chi connectivity index (χ3n) is 5.17. The van der Waals surface area contributed by atoms with Crippen molar-refractivity contribution in [3.05, 3.63) is 52.6 Å². The van der Waals surface area contributed by atoms with Crippen LogP contribution in [0, 0.1) is 5.82 Å². The van der Waals surface area contributed by atoms with E-state index in [4.69, 9.17) is 11.6 Å². The number of amides is 2. The maximum Gasteiger partial charge on any atom is 0.257 e. The Hall–Kier alpha value is -2.74. The molecule has 1 aliphatic rings. The van der Waals surface area contributed by atoms with E-state index < -0.39 is 5.82 Å². The number of nitrogens with zero attached hydrogens (tertiary/aromatic N) is 4. The summed E-state index contributed by atoms with van der Waals surface area (Å²) in [5.74, 6) is -0.315. The van der Waals surface area contributed by atoms with Crippen LogP contribution in [0.4, 0.5) is 10.3 Å². The zero-order valence-electron chi connectivity index (χ0n) is 16.5. The fourth-order valence-corrected chi connectivity index (χ4v) is 3.48. The predicted molar refractivity (Wildman–Crippen MR) is 108 cm³/mol. The van der Waals surface area contributed by atoms with Crippen molar-refractivity contribution in [1.29, 1.82) is 0 Å². The van der Waals surface area contributed by atoms with Crippen molar-refractivity contribution in [3.63, 3.8) is 0 Å². The van der Waals surface area contributed by atoms with Crippen LogP contribution >= 0.6 is 11.6 Å². The second-order valence-electron chi connectivity index (χ2n) is 7.15. The minimum absolute atomic E-state index is 0.0192. The number of aromatic nitrogens is 2. The molecule has 3 rings (SSSR count). The molecule has 1 aromatic heterocycles. The number of nitrogens with one attached hydrogen (secondary N) is 1. The number of likely N-dealkylation sites (tertiary alicyclic amines) is 1. The number of halogens is 2. The molecule has 1 aromatic carbocycles.